The van der Waals surface area contributed by atoms with Gasteiger partial charge in [0.25, 0.3) is 0 Å². The Labute approximate surface area is 99.2 Å². The topological polar surface area (TPSA) is 48.4 Å². The molecule has 0 bridgehead atoms. The number of carbonyl (C=O) groups is 1. The normalized spacial score (nSPS) is 10.3. The number of ether oxygens (including phenoxy) is 2. The lowest BCUT2D eigenvalue weighted by Gasteiger charge is -2.07. The Bertz CT molecular complexity index is 578. The summed E-state index contributed by atoms with van der Waals surface area (Å²) in [6, 6.07) is 7.05. The number of hydrogen-bond acceptors (Lipinski definition) is 4. The number of aromatic nitrogens is 1. The second-order valence-electron chi connectivity index (χ2n) is 3.69. The molecule has 0 radical (unpaired) electrons. The molecule has 4 nitrogen and oxygen atoms in total. The number of hydrogen-bond donors (Lipinski definition) is 0. The highest BCUT2D eigenvalue weighted by Gasteiger charge is 2.10. The van der Waals surface area contributed by atoms with Gasteiger partial charge in [0.1, 0.15) is 5.75 Å². The van der Waals surface area contributed by atoms with Gasteiger partial charge in [0.15, 0.2) is 0 Å². The summed E-state index contributed by atoms with van der Waals surface area (Å²) in [5, 5.41) is 0.806. The van der Waals surface area contributed by atoms with E-state index in [4.69, 9.17) is 4.74 Å². The van der Waals surface area contributed by atoms with Gasteiger partial charge in [-0.2, -0.15) is 0 Å². The Balaban J connectivity index is 2.67. The smallest absolute Gasteiger partial charge is 0.337 e. The number of aryl methyl sites for hydroxylation is 1. The number of fused-ring (bicyclic) bond motifs is 1. The van der Waals surface area contributed by atoms with Crippen molar-refractivity contribution in [2.24, 2.45) is 0 Å². The van der Waals surface area contributed by atoms with E-state index in [0.717, 1.165) is 16.6 Å². The van der Waals surface area contributed by atoms with E-state index in [2.05, 4.69) is 9.72 Å². The third kappa shape index (κ3) is 2.06. The van der Waals surface area contributed by atoms with Crippen molar-refractivity contribution in [2.45, 2.75) is 6.92 Å². The van der Waals surface area contributed by atoms with Crippen molar-refractivity contribution in [3.05, 3.63) is 35.5 Å². The molecule has 0 fully saturated rings. The minimum Gasteiger partial charge on any atom is -0.496 e. The minimum atomic E-state index is -0.366. The van der Waals surface area contributed by atoms with Crippen LogP contribution in [0.2, 0.25) is 0 Å². The average Bonchev–Trinajstić information content (AvgIpc) is 2.36. The van der Waals surface area contributed by atoms with Gasteiger partial charge in [0.05, 0.1) is 25.3 Å². The van der Waals surface area contributed by atoms with Crippen molar-refractivity contribution >= 4 is 16.9 Å². The molecule has 0 amide bonds. The summed E-state index contributed by atoms with van der Waals surface area (Å²) in [7, 11) is 2.95. The molecule has 0 aliphatic heterocycles. The molecule has 0 saturated carbocycles. The molecule has 17 heavy (non-hydrogen) atoms. The quantitative estimate of drug-likeness (QED) is 0.744. The fourth-order valence-electron chi connectivity index (χ4n) is 1.73. The van der Waals surface area contributed by atoms with E-state index in [9.17, 15) is 4.79 Å². The van der Waals surface area contributed by atoms with Crippen LogP contribution in [-0.2, 0) is 4.74 Å². The SMILES string of the molecule is COC(=O)c1ccc2nc(C)cc(OC)c2c1. The van der Waals surface area contributed by atoms with E-state index < -0.39 is 0 Å². The van der Waals surface area contributed by atoms with Crippen LogP contribution in [-0.4, -0.2) is 25.2 Å². The van der Waals surface area contributed by atoms with Gasteiger partial charge in [-0.25, -0.2) is 4.79 Å². The van der Waals surface area contributed by atoms with Gasteiger partial charge in [-0.1, -0.05) is 0 Å². The minimum absolute atomic E-state index is 0.366. The lowest BCUT2D eigenvalue weighted by Crippen LogP contribution is -2.01. The van der Waals surface area contributed by atoms with Crippen LogP contribution in [0.25, 0.3) is 10.9 Å². The standard InChI is InChI=1S/C13H13NO3/c1-8-6-12(16-2)10-7-9(13(15)17-3)4-5-11(10)14-8/h4-7H,1-3H3. The molecule has 0 aliphatic carbocycles. The zero-order chi connectivity index (χ0) is 12.4. The summed E-state index contributed by atoms with van der Waals surface area (Å²) in [5.74, 6) is 0.341. The van der Waals surface area contributed by atoms with E-state index >= 15 is 0 Å². The number of methoxy groups -OCH3 is 2. The molecular formula is C13H13NO3. The van der Waals surface area contributed by atoms with Gasteiger partial charge in [0.2, 0.25) is 0 Å². The summed E-state index contributed by atoms with van der Waals surface area (Å²) in [5.41, 5.74) is 2.17. The van der Waals surface area contributed by atoms with E-state index in [1.165, 1.54) is 7.11 Å². The molecular weight excluding hydrogens is 218 g/mol. The highest BCUT2D eigenvalue weighted by Crippen LogP contribution is 2.26. The summed E-state index contributed by atoms with van der Waals surface area (Å²) in [6.45, 7) is 1.90. The van der Waals surface area contributed by atoms with Crippen LogP contribution in [0.1, 0.15) is 16.1 Å². The molecule has 4 heteroatoms. The van der Waals surface area contributed by atoms with Crippen LogP contribution in [0.4, 0.5) is 0 Å². The number of rotatable bonds is 2. The number of esters is 1. The first kappa shape index (κ1) is 11.4. The van der Waals surface area contributed by atoms with Gasteiger partial charge >= 0.3 is 5.97 Å². The molecule has 1 heterocycles. The highest BCUT2D eigenvalue weighted by atomic mass is 16.5. The van der Waals surface area contributed by atoms with Gasteiger partial charge in [-0.15, -0.1) is 0 Å². The number of benzene rings is 1. The molecule has 0 aliphatic rings. The lowest BCUT2D eigenvalue weighted by molar-refractivity contribution is 0.0601. The second kappa shape index (κ2) is 4.41. The molecule has 0 N–H and O–H groups in total. The van der Waals surface area contributed by atoms with Crippen molar-refractivity contribution < 1.29 is 14.3 Å². The maximum atomic E-state index is 11.4. The molecule has 0 spiro atoms. The Morgan fingerprint density at radius 3 is 2.65 bits per heavy atom. The van der Waals surface area contributed by atoms with Crippen LogP contribution in [0.5, 0.6) is 5.75 Å². The molecule has 2 rings (SSSR count). The van der Waals surface area contributed by atoms with Crippen LogP contribution in [0.3, 0.4) is 0 Å². The third-order valence-electron chi connectivity index (χ3n) is 2.54. The molecule has 0 unspecified atom stereocenters. The van der Waals surface area contributed by atoms with Gasteiger partial charge in [-0.3, -0.25) is 4.98 Å². The predicted octanol–water partition coefficient (Wildman–Crippen LogP) is 2.34. The van der Waals surface area contributed by atoms with Crippen LogP contribution in [0.15, 0.2) is 24.3 Å². The summed E-state index contributed by atoms with van der Waals surface area (Å²) in [4.78, 5) is 15.8. The van der Waals surface area contributed by atoms with Crippen molar-refractivity contribution in [3.63, 3.8) is 0 Å². The lowest BCUT2D eigenvalue weighted by atomic mass is 10.1. The Kier molecular flexibility index (Phi) is 2.95. The Hall–Kier alpha value is -2.10. The summed E-state index contributed by atoms with van der Waals surface area (Å²) >= 11 is 0. The van der Waals surface area contributed by atoms with Gasteiger partial charge < -0.3 is 9.47 Å². The molecule has 0 saturated heterocycles. The van der Waals surface area contributed by atoms with E-state index in [-0.39, 0.29) is 5.97 Å². The molecule has 1 aromatic heterocycles. The first-order chi connectivity index (χ1) is 8.15. The fraction of sp³-hybridized carbons (Fsp3) is 0.231. The van der Waals surface area contributed by atoms with E-state index in [1.54, 1.807) is 25.3 Å². The predicted molar refractivity (Wildman–Crippen MR) is 64.4 cm³/mol. The van der Waals surface area contributed by atoms with Gasteiger partial charge in [-0.05, 0) is 25.1 Å². The van der Waals surface area contributed by atoms with E-state index in [0.29, 0.717) is 11.3 Å². The van der Waals surface area contributed by atoms with Gasteiger partial charge in [0, 0.05) is 17.1 Å². The number of pyridine rings is 1. The van der Waals surface area contributed by atoms with Crippen molar-refractivity contribution in [1.82, 2.24) is 4.98 Å². The maximum Gasteiger partial charge on any atom is 0.337 e. The van der Waals surface area contributed by atoms with Crippen LogP contribution < -0.4 is 4.74 Å². The molecule has 2 aromatic rings. The molecule has 0 atom stereocenters. The van der Waals surface area contributed by atoms with Crippen molar-refractivity contribution in [3.8, 4) is 5.75 Å². The fourth-order valence-corrected chi connectivity index (χ4v) is 1.73. The average molecular weight is 231 g/mol. The van der Waals surface area contributed by atoms with Crippen molar-refractivity contribution in [1.29, 1.82) is 0 Å². The summed E-state index contributed by atoms with van der Waals surface area (Å²) in [6.07, 6.45) is 0. The number of carbonyl (C=O) groups excluding carboxylic acids is 1. The zero-order valence-electron chi connectivity index (χ0n) is 9.98. The Morgan fingerprint density at radius 1 is 1.24 bits per heavy atom. The second-order valence-corrected chi connectivity index (χ2v) is 3.69. The monoisotopic (exact) mass is 231 g/mol. The zero-order valence-corrected chi connectivity index (χ0v) is 9.98. The highest BCUT2D eigenvalue weighted by molar-refractivity contribution is 5.96. The third-order valence-corrected chi connectivity index (χ3v) is 2.54. The van der Waals surface area contributed by atoms with Crippen LogP contribution in [0, 0.1) is 6.92 Å². The Morgan fingerprint density at radius 2 is 2.00 bits per heavy atom. The van der Waals surface area contributed by atoms with E-state index in [1.807, 2.05) is 13.0 Å². The number of nitrogens with zero attached hydrogens (tertiary/aromatic N) is 1. The maximum absolute atomic E-state index is 11.4. The summed E-state index contributed by atoms with van der Waals surface area (Å²) < 4.78 is 9.97. The first-order valence-corrected chi connectivity index (χ1v) is 5.19. The molecule has 88 valence electrons. The first-order valence-electron chi connectivity index (χ1n) is 5.19. The molecule has 1 aromatic carbocycles. The van der Waals surface area contributed by atoms with Crippen molar-refractivity contribution in [2.75, 3.05) is 14.2 Å². The van der Waals surface area contributed by atoms with Crippen LogP contribution >= 0.6 is 0 Å². The largest absolute Gasteiger partial charge is 0.496 e.